The molecule has 152 valence electrons. The predicted molar refractivity (Wildman–Crippen MR) is 96.1 cm³/mol. The Morgan fingerprint density at radius 1 is 1.18 bits per heavy atom. The summed E-state index contributed by atoms with van der Waals surface area (Å²) in [7, 11) is -2.33. The van der Waals surface area contributed by atoms with E-state index >= 15 is 0 Å². The Morgan fingerprint density at radius 3 is 2.32 bits per heavy atom. The number of amides is 2. The van der Waals surface area contributed by atoms with Crippen LogP contribution in [0, 0.1) is 0 Å². The number of halogens is 3. The fourth-order valence-corrected chi connectivity index (χ4v) is 2.83. The van der Waals surface area contributed by atoms with E-state index in [0.717, 1.165) is 12.1 Å². The number of nitrogens with one attached hydrogen (secondary N) is 1. The molecule has 0 aliphatic heterocycles. The average Bonchev–Trinajstić information content (AvgIpc) is 2.58. The number of rotatable bonds is 5. The molecule has 0 aromatic heterocycles. The number of alkyl halides is 3. The first kappa shape index (κ1) is 21.5. The summed E-state index contributed by atoms with van der Waals surface area (Å²) in [6.07, 6.45) is -4.84. The SMILES string of the molecule is CC(c1ccc(S(N)(=O)=O)cc1)N(C)C(=O)Nc1cccc(OC(F)(F)F)c1. The van der Waals surface area contributed by atoms with Crippen LogP contribution in [0.2, 0.25) is 0 Å². The van der Waals surface area contributed by atoms with E-state index in [4.69, 9.17) is 5.14 Å². The first-order chi connectivity index (χ1) is 12.9. The van der Waals surface area contributed by atoms with Gasteiger partial charge in [0.05, 0.1) is 10.9 Å². The fraction of sp³-hybridized carbons (Fsp3) is 0.235. The molecule has 11 heteroatoms. The Hall–Kier alpha value is -2.79. The molecule has 2 rings (SSSR count). The molecule has 0 heterocycles. The molecule has 0 bridgehead atoms. The number of nitrogens with zero attached hydrogens (tertiary/aromatic N) is 1. The lowest BCUT2D eigenvalue weighted by Gasteiger charge is -2.26. The molecule has 0 radical (unpaired) electrons. The minimum absolute atomic E-state index is 0.0583. The molecule has 0 aliphatic carbocycles. The van der Waals surface area contributed by atoms with Crippen LogP contribution in [0.1, 0.15) is 18.5 Å². The molecule has 1 unspecified atom stereocenters. The first-order valence-electron chi connectivity index (χ1n) is 7.89. The zero-order chi connectivity index (χ0) is 21.1. The van der Waals surface area contributed by atoms with Crippen LogP contribution in [0.15, 0.2) is 53.4 Å². The maximum atomic E-state index is 12.4. The highest BCUT2D eigenvalue weighted by Crippen LogP contribution is 2.26. The van der Waals surface area contributed by atoms with E-state index in [2.05, 4.69) is 10.1 Å². The van der Waals surface area contributed by atoms with E-state index in [1.807, 2.05) is 0 Å². The standard InChI is InChI=1S/C17H18F3N3O4S/c1-11(12-6-8-15(9-7-12)28(21,25)26)23(2)16(24)22-13-4-3-5-14(10-13)27-17(18,19)20/h3-11H,1-2H3,(H,22,24)(H2,21,25,26). The number of benzene rings is 2. The summed E-state index contributed by atoms with van der Waals surface area (Å²) in [4.78, 5) is 13.6. The van der Waals surface area contributed by atoms with Gasteiger partial charge in [-0.1, -0.05) is 18.2 Å². The van der Waals surface area contributed by atoms with Gasteiger partial charge in [0, 0.05) is 18.8 Å². The van der Waals surface area contributed by atoms with Crippen molar-refractivity contribution in [3.8, 4) is 5.75 Å². The molecular formula is C17H18F3N3O4S. The third-order valence-electron chi connectivity index (χ3n) is 3.91. The largest absolute Gasteiger partial charge is 0.573 e. The van der Waals surface area contributed by atoms with Crippen LogP contribution in [-0.4, -0.2) is 32.8 Å². The summed E-state index contributed by atoms with van der Waals surface area (Å²) in [5.74, 6) is -0.459. The molecule has 1 atom stereocenters. The molecule has 3 N–H and O–H groups in total. The number of nitrogens with two attached hydrogens (primary N) is 1. The monoisotopic (exact) mass is 417 g/mol. The third-order valence-corrected chi connectivity index (χ3v) is 4.84. The summed E-state index contributed by atoms with van der Waals surface area (Å²) < 4.78 is 63.3. The molecule has 0 saturated heterocycles. The topological polar surface area (TPSA) is 102 Å². The van der Waals surface area contributed by atoms with Gasteiger partial charge in [0.2, 0.25) is 10.0 Å². The molecule has 0 fully saturated rings. The van der Waals surface area contributed by atoms with E-state index < -0.39 is 34.2 Å². The van der Waals surface area contributed by atoms with E-state index in [1.54, 1.807) is 6.92 Å². The van der Waals surface area contributed by atoms with Crippen LogP contribution in [0.4, 0.5) is 23.7 Å². The number of hydrogen-bond acceptors (Lipinski definition) is 4. The quantitative estimate of drug-likeness (QED) is 0.778. The zero-order valence-electron chi connectivity index (χ0n) is 14.9. The van der Waals surface area contributed by atoms with Crippen molar-refractivity contribution in [1.29, 1.82) is 0 Å². The van der Waals surface area contributed by atoms with Crippen molar-refractivity contribution in [3.63, 3.8) is 0 Å². The Labute approximate surface area is 159 Å². The van der Waals surface area contributed by atoms with Gasteiger partial charge >= 0.3 is 12.4 Å². The highest BCUT2D eigenvalue weighted by Gasteiger charge is 2.31. The summed E-state index contributed by atoms with van der Waals surface area (Å²) in [5, 5.41) is 7.52. The van der Waals surface area contributed by atoms with Gasteiger partial charge in [0.25, 0.3) is 0 Å². The van der Waals surface area contributed by atoms with Crippen LogP contribution < -0.4 is 15.2 Å². The van der Waals surface area contributed by atoms with Crippen molar-refractivity contribution in [3.05, 3.63) is 54.1 Å². The number of carbonyl (C=O) groups excluding carboxylic acids is 1. The number of carbonyl (C=O) groups is 1. The second kappa shape index (κ2) is 8.07. The molecule has 0 aliphatic rings. The van der Waals surface area contributed by atoms with E-state index in [0.29, 0.717) is 5.56 Å². The number of anilines is 1. The summed E-state index contributed by atoms with van der Waals surface area (Å²) >= 11 is 0. The molecule has 2 aromatic rings. The van der Waals surface area contributed by atoms with E-state index in [9.17, 15) is 26.4 Å². The number of hydrogen-bond donors (Lipinski definition) is 2. The fourth-order valence-electron chi connectivity index (χ4n) is 2.32. The Bertz CT molecular complexity index is 947. The van der Waals surface area contributed by atoms with Crippen LogP contribution in [0.3, 0.4) is 0 Å². The normalized spacial score (nSPS) is 12.9. The molecule has 28 heavy (non-hydrogen) atoms. The van der Waals surface area contributed by atoms with Gasteiger partial charge in [-0.3, -0.25) is 0 Å². The molecular weight excluding hydrogens is 399 g/mol. The lowest BCUT2D eigenvalue weighted by Crippen LogP contribution is -2.33. The van der Waals surface area contributed by atoms with Crippen molar-refractivity contribution < 1.29 is 31.1 Å². The van der Waals surface area contributed by atoms with Crippen LogP contribution in [0.5, 0.6) is 5.75 Å². The number of urea groups is 1. The number of primary sulfonamides is 1. The molecule has 2 aromatic carbocycles. The second-order valence-corrected chi connectivity index (χ2v) is 7.47. The molecule has 7 nitrogen and oxygen atoms in total. The highest BCUT2D eigenvalue weighted by molar-refractivity contribution is 7.89. The van der Waals surface area contributed by atoms with Gasteiger partial charge in [-0.05, 0) is 36.8 Å². The van der Waals surface area contributed by atoms with Gasteiger partial charge in [-0.2, -0.15) is 0 Å². The summed E-state index contributed by atoms with van der Waals surface area (Å²) in [6, 6.07) is 9.55. The molecule has 0 saturated carbocycles. The minimum Gasteiger partial charge on any atom is -0.406 e. The van der Waals surface area contributed by atoms with Crippen molar-refractivity contribution >= 4 is 21.7 Å². The van der Waals surface area contributed by atoms with Crippen molar-refractivity contribution in [2.45, 2.75) is 24.2 Å². The number of sulfonamides is 1. The van der Waals surface area contributed by atoms with Gasteiger partial charge in [0.15, 0.2) is 0 Å². The van der Waals surface area contributed by atoms with Crippen LogP contribution in [-0.2, 0) is 10.0 Å². The molecule has 2 amide bonds. The Balaban J connectivity index is 2.09. The summed E-state index contributed by atoms with van der Waals surface area (Å²) in [6.45, 7) is 1.70. The van der Waals surface area contributed by atoms with E-state index in [-0.39, 0.29) is 10.6 Å². The Morgan fingerprint density at radius 2 is 1.79 bits per heavy atom. The average molecular weight is 417 g/mol. The van der Waals surface area contributed by atoms with E-state index in [1.165, 1.54) is 48.3 Å². The number of ether oxygens (including phenoxy) is 1. The minimum atomic E-state index is -4.84. The maximum absolute atomic E-state index is 12.4. The maximum Gasteiger partial charge on any atom is 0.573 e. The van der Waals surface area contributed by atoms with Crippen molar-refractivity contribution in [2.75, 3.05) is 12.4 Å². The molecule has 0 spiro atoms. The predicted octanol–water partition coefficient (Wildman–Crippen LogP) is 3.46. The second-order valence-electron chi connectivity index (χ2n) is 5.91. The zero-order valence-corrected chi connectivity index (χ0v) is 15.7. The first-order valence-corrected chi connectivity index (χ1v) is 9.44. The van der Waals surface area contributed by atoms with Crippen molar-refractivity contribution in [1.82, 2.24) is 4.90 Å². The van der Waals surface area contributed by atoms with Gasteiger partial charge in [-0.25, -0.2) is 18.4 Å². The lowest BCUT2D eigenvalue weighted by molar-refractivity contribution is -0.274. The smallest absolute Gasteiger partial charge is 0.406 e. The van der Waals surface area contributed by atoms with Gasteiger partial charge < -0.3 is 15.0 Å². The highest BCUT2D eigenvalue weighted by atomic mass is 32.2. The van der Waals surface area contributed by atoms with Crippen LogP contribution >= 0.6 is 0 Å². The summed E-state index contributed by atoms with van der Waals surface area (Å²) in [5.41, 5.74) is 0.759. The lowest BCUT2D eigenvalue weighted by atomic mass is 10.1. The van der Waals surface area contributed by atoms with Crippen molar-refractivity contribution in [2.24, 2.45) is 5.14 Å². The van der Waals surface area contributed by atoms with Gasteiger partial charge in [0.1, 0.15) is 5.75 Å². The third kappa shape index (κ3) is 5.86. The van der Waals surface area contributed by atoms with Gasteiger partial charge in [-0.15, -0.1) is 13.2 Å². The van der Waals surface area contributed by atoms with Crippen LogP contribution in [0.25, 0.3) is 0 Å². The Kier molecular flexibility index (Phi) is 6.20.